The fourth-order valence-electron chi connectivity index (χ4n) is 1.39. The van der Waals surface area contributed by atoms with E-state index in [2.05, 4.69) is 26.0 Å². The molecular formula is C13H21NO. The molecule has 0 bridgehead atoms. The van der Waals surface area contributed by atoms with Crippen LogP contribution in [-0.2, 0) is 0 Å². The summed E-state index contributed by atoms with van der Waals surface area (Å²) in [5.41, 5.74) is 1.87. The first-order valence-corrected chi connectivity index (χ1v) is 5.41. The highest BCUT2D eigenvalue weighted by Gasteiger charge is 2.19. The quantitative estimate of drug-likeness (QED) is 0.745. The highest BCUT2D eigenvalue weighted by atomic mass is 16.5. The minimum Gasteiger partial charge on any atom is -0.288 e. The second-order valence-electron chi connectivity index (χ2n) is 5.23. The van der Waals surface area contributed by atoms with Crippen molar-refractivity contribution in [3.63, 3.8) is 0 Å². The Morgan fingerprint density at radius 1 is 1.07 bits per heavy atom. The summed E-state index contributed by atoms with van der Waals surface area (Å²) in [6.45, 7) is 10.3. The van der Waals surface area contributed by atoms with Crippen molar-refractivity contribution in [1.29, 1.82) is 0 Å². The summed E-state index contributed by atoms with van der Waals surface area (Å²) in [4.78, 5) is 0. The van der Waals surface area contributed by atoms with Gasteiger partial charge in [-0.15, -0.1) is 0 Å². The normalized spacial score (nSPS) is 11.9. The number of anilines is 1. The molecule has 1 aromatic rings. The second-order valence-corrected chi connectivity index (χ2v) is 5.23. The highest BCUT2D eigenvalue weighted by Crippen LogP contribution is 2.23. The third-order valence-electron chi connectivity index (χ3n) is 2.44. The van der Waals surface area contributed by atoms with Crippen molar-refractivity contribution >= 4 is 5.69 Å². The van der Waals surface area contributed by atoms with Gasteiger partial charge in [-0.2, -0.15) is 0 Å². The van der Waals surface area contributed by atoms with Gasteiger partial charge in [0.1, 0.15) is 0 Å². The maximum atomic E-state index is 9.92. The van der Waals surface area contributed by atoms with E-state index in [1.54, 1.807) is 0 Å². The molecule has 1 aromatic carbocycles. The molecule has 0 fully saturated rings. The van der Waals surface area contributed by atoms with Crippen LogP contribution in [0.1, 0.15) is 46.1 Å². The van der Waals surface area contributed by atoms with Crippen LogP contribution in [0.2, 0.25) is 0 Å². The summed E-state index contributed by atoms with van der Waals surface area (Å²) >= 11 is 0. The predicted octanol–water partition coefficient (Wildman–Crippen LogP) is 3.80. The molecule has 0 aromatic heterocycles. The molecule has 0 aliphatic rings. The summed E-state index contributed by atoms with van der Waals surface area (Å²) in [7, 11) is 0. The molecule has 0 aliphatic heterocycles. The fourth-order valence-corrected chi connectivity index (χ4v) is 1.39. The van der Waals surface area contributed by atoms with Crippen molar-refractivity contribution in [3.05, 3.63) is 29.8 Å². The maximum Gasteiger partial charge on any atom is 0.0640 e. The van der Waals surface area contributed by atoms with E-state index in [0.717, 1.165) is 5.69 Å². The minimum absolute atomic E-state index is 0.265. The first-order valence-electron chi connectivity index (χ1n) is 5.41. The van der Waals surface area contributed by atoms with Crippen LogP contribution in [0.25, 0.3) is 0 Å². The highest BCUT2D eigenvalue weighted by molar-refractivity contribution is 5.47. The zero-order chi connectivity index (χ0) is 11.6. The molecule has 1 N–H and O–H groups in total. The zero-order valence-corrected chi connectivity index (χ0v) is 10.3. The third-order valence-corrected chi connectivity index (χ3v) is 2.44. The first kappa shape index (κ1) is 12.1. The van der Waals surface area contributed by atoms with Crippen LogP contribution < -0.4 is 5.06 Å². The molecule has 2 heteroatoms. The van der Waals surface area contributed by atoms with Crippen LogP contribution in [0.15, 0.2) is 24.3 Å². The van der Waals surface area contributed by atoms with E-state index in [1.165, 1.54) is 10.6 Å². The number of hydroxylamine groups is 1. The SMILES string of the molecule is CC(C)c1ccc(N(O)C(C)(C)C)cc1. The van der Waals surface area contributed by atoms with Gasteiger partial charge in [-0.3, -0.25) is 10.3 Å². The van der Waals surface area contributed by atoms with E-state index >= 15 is 0 Å². The standard InChI is InChI=1S/C13H21NO/c1-10(2)11-6-8-12(9-7-11)14(15)13(3,4)5/h6-10,15H,1-5H3. The van der Waals surface area contributed by atoms with Gasteiger partial charge in [0.2, 0.25) is 0 Å². The van der Waals surface area contributed by atoms with Gasteiger partial charge in [0.25, 0.3) is 0 Å². The molecule has 0 atom stereocenters. The Bertz CT molecular complexity index is 308. The molecule has 0 heterocycles. The Morgan fingerprint density at radius 3 is 1.87 bits per heavy atom. The van der Waals surface area contributed by atoms with Crippen LogP contribution in [-0.4, -0.2) is 10.7 Å². The van der Waals surface area contributed by atoms with Crippen molar-refractivity contribution in [2.45, 2.75) is 46.1 Å². The maximum absolute atomic E-state index is 9.92. The lowest BCUT2D eigenvalue weighted by Gasteiger charge is -2.31. The summed E-state index contributed by atoms with van der Waals surface area (Å²) in [6, 6.07) is 8.05. The summed E-state index contributed by atoms with van der Waals surface area (Å²) < 4.78 is 0. The summed E-state index contributed by atoms with van der Waals surface area (Å²) in [6.07, 6.45) is 0. The van der Waals surface area contributed by atoms with E-state index in [0.29, 0.717) is 5.92 Å². The van der Waals surface area contributed by atoms with E-state index in [4.69, 9.17) is 0 Å². The van der Waals surface area contributed by atoms with Gasteiger partial charge < -0.3 is 0 Å². The van der Waals surface area contributed by atoms with E-state index in [-0.39, 0.29) is 5.54 Å². The molecule has 0 saturated heterocycles. The van der Waals surface area contributed by atoms with Gasteiger partial charge >= 0.3 is 0 Å². The van der Waals surface area contributed by atoms with Crippen molar-refractivity contribution in [1.82, 2.24) is 0 Å². The number of hydrogen-bond acceptors (Lipinski definition) is 2. The van der Waals surface area contributed by atoms with Crippen LogP contribution in [0, 0.1) is 0 Å². The van der Waals surface area contributed by atoms with Crippen molar-refractivity contribution in [3.8, 4) is 0 Å². The second kappa shape index (κ2) is 4.23. The number of benzene rings is 1. The van der Waals surface area contributed by atoms with Gasteiger partial charge in [0.05, 0.1) is 11.2 Å². The molecule has 0 unspecified atom stereocenters. The van der Waals surface area contributed by atoms with Crippen LogP contribution >= 0.6 is 0 Å². The van der Waals surface area contributed by atoms with Gasteiger partial charge in [0.15, 0.2) is 0 Å². The first-order chi connectivity index (χ1) is 6.82. The Balaban J connectivity index is 2.89. The van der Waals surface area contributed by atoms with Crippen LogP contribution in [0.5, 0.6) is 0 Å². The van der Waals surface area contributed by atoms with Crippen LogP contribution in [0.3, 0.4) is 0 Å². The van der Waals surface area contributed by atoms with Crippen LogP contribution in [0.4, 0.5) is 5.69 Å². The third kappa shape index (κ3) is 2.96. The van der Waals surface area contributed by atoms with E-state index < -0.39 is 0 Å². The van der Waals surface area contributed by atoms with E-state index in [1.807, 2.05) is 32.9 Å². The topological polar surface area (TPSA) is 23.5 Å². The van der Waals surface area contributed by atoms with Crippen molar-refractivity contribution in [2.24, 2.45) is 0 Å². The molecule has 15 heavy (non-hydrogen) atoms. The zero-order valence-electron chi connectivity index (χ0n) is 10.3. The van der Waals surface area contributed by atoms with Gasteiger partial charge in [0, 0.05) is 0 Å². The molecule has 0 radical (unpaired) electrons. The molecule has 0 spiro atoms. The molecule has 2 nitrogen and oxygen atoms in total. The molecule has 0 aliphatic carbocycles. The average molecular weight is 207 g/mol. The minimum atomic E-state index is -0.265. The largest absolute Gasteiger partial charge is 0.288 e. The lowest BCUT2D eigenvalue weighted by atomic mass is 10.0. The van der Waals surface area contributed by atoms with Gasteiger partial charge in [-0.05, 0) is 44.4 Å². The average Bonchev–Trinajstić information content (AvgIpc) is 2.15. The van der Waals surface area contributed by atoms with Crippen molar-refractivity contribution in [2.75, 3.05) is 5.06 Å². The molecule has 0 saturated carbocycles. The van der Waals surface area contributed by atoms with Gasteiger partial charge in [-0.1, -0.05) is 26.0 Å². The number of nitrogens with zero attached hydrogens (tertiary/aromatic N) is 1. The Morgan fingerprint density at radius 2 is 1.53 bits per heavy atom. The summed E-state index contributed by atoms with van der Waals surface area (Å²) in [5, 5.41) is 11.2. The molecular weight excluding hydrogens is 186 g/mol. The van der Waals surface area contributed by atoms with Gasteiger partial charge in [-0.25, -0.2) is 0 Å². The molecule has 0 amide bonds. The smallest absolute Gasteiger partial charge is 0.0640 e. The Hall–Kier alpha value is -1.02. The lowest BCUT2D eigenvalue weighted by Crippen LogP contribution is -2.38. The molecule has 1 rings (SSSR count). The molecule has 84 valence electrons. The monoisotopic (exact) mass is 207 g/mol. The predicted molar refractivity (Wildman–Crippen MR) is 64.5 cm³/mol. The van der Waals surface area contributed by atoms with E-state index in [9.17, 15) is 5.21 Å². The Labute approximate surface area is 92.5 Å². The lowest BCUT2D eigenvalue weighted by molar-refractivity contribution is 0.181. The fraction of sp³-hybridized carbons (Fsp3) is 0.538. The Kier molecular flexibility index (Phi) is 3.40. The van der Waals surface area contributed by atoms with Crippen molar-refractivity contribution < 1.29 is 5.21 Å². The summed E-state index contributed by atoms with van der Waals surface area (Å²) in [5.74, 6) is 0.529. The number of rotatable bonds is 2. The number of hydrogen-bond donors (Lipinski definition) is 1.